The summed E-state index contributed by atoms with van der Waals surface area (Å²) in [7, 11) is 1.68. The highest BCUT2D eigenvalue weighted by atomic mass is 16.5. The second-order valence-corrected chi connectivity index (χ2v) is 6.36. The van der Waals surface area contributed by atoms with E-state index in [-0.39, 0.29) is 0 Å². The number of ether oxygens (including phenoxy) is 1. The number of nitrogens with zero attached hydrogens (tertiary/aromatic N) is 3. The van der Waals surface area contributed by atoms with Crippen LogP contribution in [0, 0.1) is 5.92 Å². The molecule has 0 aliphatic carbocycles. The van der Waals surface area contributed by atoms with E-state index in [1.807, 2.05) is 18.2 Å². The second kappa shape index (κ2) is 6.16. The van der Waals surface area contributed by atoms with Crippen molar-refractivity contribution < 1.29 is 4.74 Å². The Balaban J connectivity index is 1.59. The number of hydrogen-bond acceptors (Lipinski definition) is 5. The fourth-order valence-corrected chi connectivity index (χ4v) is 3.69. The summed E-state index contributed by atoms with van der Waals surface area (Å²) in [5.74, 6) is 2.62. The van der Waals surface area contributed by atoms with Crippen molar-refractivity contribution in [3.8, 4) is 17.0 Å². The molecule has 1 aromatic heterocycles. The summed E-state index contributed by atoms with van der Waals surface area (Å²) >= 11 is 0. The lowest BCUT2D eigenvalue weighted by Gasteiger charge is -2.24. The van der Waals surface area contributed by atoms with Gasteiger partial charge in [0.1, 0.15) is 17.9 Å². The van der Waals surface area contributed by atoms with Crippen LogP contribution < -0.4 is 15.0 Å². The normalized spacial score (nSPS) is 23.6. The van der Waals surface area contributed by atoms with E-state index in [1.54, 1.807) is 13.4 Å². The van der Waals surface area contributed by atoms with Gasteiger partial charge >= 0.3 is 0 Å². The Morgan fingerprint density at radius 2 is 2.17 bits per heavy atom. The van der Waals surface area contributed by atoms with Crippen molar-refractivity contribution in [2.45, 2.75) is 18.9 Å². The Morgan fingerprint density at radius 1 is 1.22 bits per heavy atom. The summed E-state index contributed by atoms with van der Waals surface area (Å²) in [5, 5.41) is 3.64. The predicted octanol–water partition coefficient (Wildman–Crippen LogP) is 2.34. The minimum Gasteiger partial charge on any atom is -0.497 e. The number of aromatic nitrogens is 2. The molecule has 5 heteroatoms. The molecule has 2 atom stereocenters. The average Bonchev–Trinajstić information content (AvgIpc) is 3.06. The van der Waals surface area contributed by atoms with E-state index >= 15 is 0 Å². The first-order chi connectivity index (χ1) is 11.3. The van der Waals surface area contributed by atoms with Crippen LogP contribution in [-0.2, 0) is 0 Å². The zero-order chi connectivity index (χ0) is 15.6. The average molecular weight is 310 g/mol. The molecule has 3 heterocycles. The molecule has 0 unspecified atom stereocenters. The third kappa shape index (κ3) is 2.88. The zero-order valence-corrected chi connectivity index (χ0v) is 13.4. The number of anilines is 1. The zero-order valence-electron chi connectivity index (χ0n) is 13.4. The maximum Gasteiger partial charge on any atom is 0.132 e. The molecule has 1 aromatic carbocycles. The van der Waals surface area contributed by atoms with Crippen molar-refractivity contribution in [1.82, 2.24) is 15.3 Å². The first-order valence-electron chi connectivity index (χ1n) is 8.28. The van der Waals surface area contributed by atoms with Crippen molar-refractivity contribution in [3.63, 3.8) is 0 Å². The summed E-state index contributed by atoms with van der Waals surface area (Å²) < 4.78 is 5.31. The molecular weight excluding hydrogens is 288 g/mol. The Kier molecular flexibility index (Phi) is 3.87. The van der Waals surface area contributed by atoms with Gasteiger partial charge in [-0.05, 0) is 37.4 Å². The van der Waals surface area contributed by atoms with E-state index in [0.717, 1.165) is 48.4 Å². The molecular formula is C18H22N4O. The van der Waals surface area contributed by atoms with Gasteiger partial charge in [0, 0.05) is 30.8 Å². The highest BCUT2D eigenvalue weighted by Gasteiger charge is 2.34. The molecule has 1 N–H and O–H groups in total. The van der Waals surface area contributed by atoms with Crippen molar-refractivity contribution in [1.29, 1.82) is 0 Å². The topological polar surface area (TPSA) is 50.3 Å². The Bertz CT molecular complexity index is 676. The SMILES string of the molecule is COc1cccc(-c2cc(N3C[C@H]4CCCN[C@H]4C3)ncn2)c1. The van der Waals surface area contributed by atoms with Gasteiger partial charge in [0.05, 0.1) is 12.8 Å². The van der Waals surface area contributed by atoms with Gasteiger partial charge in [-0.2, -0.15) is 0 Å². The Morgan fingerprint density at radius 3 is 3.04 bits per heavy atom. The number of hydrogen-bond donors (Lipinski definition) is 1. The molecule has 0 amide bonds. The first kappa shape index (κ1) is 14.5. The van der Waals surface area contributed by atoms with Gasteiger partial charge in [-0.1, -0.05) is 12.1 Å². The summed E-state index contributed by atoms with van der Waals surface area (Å²) in [6, 6.07) is 10.7. The number of methoxy groups -OCH3 is 1. The van der Waals surface area contributed by atoms with Crippen LogP contribution in [0.15, 0.2) is 36.7 Å². The van der Waals surface area contributed by atoms with Crippen LogP contribution in [0.3, 0.4) is 0 Å². The third-order valence-corrected chi connectivity index (χ3v) is 4.94. The number of benzene rings is 1. The highest BCUT2D eigenvalue weighted by Crippen LogP contribution is 2.30. The summed E-state index contributed by atoms with van der Waals surface area (Å²) in [6.45, 7) is 3.28. The second-order valence-electron chi connectivity index (χ2n) is 6.36. The van der Waals surface area contributed by atoms with Gasteiger partial charge < -0.3 is 15.0 Å². The fourth-order valence-electron chi connectivity index (χ4n) is 3.69. The number of rotatable bonds is 3. The molecule has 5 nitrogen and oxygen atoms in total. The number of piperidine rings is 1. The minimum absolute atomic E-state index is 0.610. The van der Waals surface area contributed by atoms with Crippen LogP contribution in [0.5, 0.6) is 5.75 Å². The van der Waals surface area contributed by atoms with Crippen LogP contribution >= 0.6 is 0 Å². The van der Waals surface area contributed by atoms with Gasteiger partial charge in [-0.25, -0.2) is 9.97 Å². The third-order valence-electron chi connectivity index (χ3n) is 4.94. The molecule has 2 saturated heterocycles. The maximum absolute atomic E-state index is 5.31. The van der Waals surface area contributed by atoms with Gasteiger partial charge in [0.2, 0.25) is 0 Å². The van der Waals surface area contributed by atoms with Gasteiger partial charge in [0.15, 0.2) is 0 Å². The molecule has 4 rings (SSSR count). The first-order valence-corrected chi connectivity index (χ1v) is 8.28. The van der Waals surface area contributed by atoms with Crippen molar-refractivity contribution in [3.05, 3.63) is 36.7 Å². The van der Waals surface area contributed by atoms with Crippen LogP contribution in [0.1, 0.15) is 12.8 Å². The van der Waals surface area contributed by atoms with E-state index in [2.05, 4.69) is 32.3 Å². The Hall–Kier alpha value is -2.14. The van der Waals surface area contributed by atoms with Gasteiger partial charge in [-0.3, -0.25) is 0 Å². The molecule has 0 saturated carbocycles. The van der Waals surface area contributed by atoms with Crippen LogP contribution in [-0.4, -0.2) is 42.8 Å². The molecule has 0 spiro atoms. The van der Waals surface area contributed by atoms with E-state index in [1.165, 1.54) is 12.8 Å². The lowest BCUT2D eigenvalue weighted by molar-refractivity contribution is 0.340. The molecule has 2 fully saturated rings. The maximum atomic E-state index is 5.31. The van der Waals surface area contributed by atoms with Crippen molar-refractivity contribution in [2.24, 2.45) is 5.92 Å². The Labute approximate surface area is 136 Å². The van der Waals surface area contributed by atoms with Crippen molar-refractivity contribution >= 4 is 5.82 Å². The van der Waals surface area contributed by atoms with Crippen LogP contribution in [0.2, 0.25) is 0 Å². The minimum atomic E-state index is 0.610. The largest absolute Gasteiger partial charge is 0.497 e. The van der Waals surface area contributed by atoms with Gasteiger partial charge in [0.25, 0.3) is 0 Å². The highest BCUT2D eigenvalue weighted by molar-refractivity contribution is 5.64. The lowest BCUT2D eigenvalue weighted by Crippen LogP contribution is -2.40. The summed E-state index contributed by atoms with van der Waals surface area (Å²) in [6.07, 6.45) is 4.27. The lowest BCUT2D eigenvalue weighted by atomic mass is 9.94. The van der Waals surface area contributed by atoms with Crippen LogP contribution in [0.25, 0.3) is 11.3 Å². The molecule has 120 valence electrons. The van der Waals surface area contributed by atoms with Crippen molar-refractivity contribution in [2.75, 3.05) is 31.6 Å². The quantitative estimate of drug-likeness (QED) is 0.943. The molecule has 23 heavy (non-hydrogen) atoms. The summed E-state index contributed by atoms with van der Waals surface area (Å²) in [5.41, 5.74) is 2.00. The molecule has 2 aliphatic heterocycles. The molecule has 2 aliphatic rings. The van der Waals surface area contributed by atoms with E-state index < -0.39 is 0 Å². The van der Waals surface area contributed by atoms with E-state index in [0.29, 0.717) is 6.04 Å². The predicted molar refractivity (Wildman–Crippen MR) is 90.7 cm³/mol. The molecule has 0 bridgehead atoms. The fraction of sp³-hybridized carbons (Fsp3) is 0.444. The smallest absolute Gasteiger partial charge is 0.132 e. The van der Waals surface area contributed by atoms with E-state index in [4.69, 9.17) is 4.74 Å². The molecule has 2 aromatic rings. The number of nitrogens with one attached hydrogen (secondary N) is 1. The standard InChI is InChI=1S/C18H22N4O/c1-23-15-6-2-4-13(8-15)16-9-18(21-12-20-16)22-10-14-5-3-7-19-17(14)11-22/h2,4,6,8-9,12,14,17,19H,3,5,7,10-11H2,1H3/t14-,17+/m1/s1. The van der Waals surface area contributed by atoms with Gasteiger partial charge in [-0.15, -0.1) is 0 Å². The monoisotopic (exact) mass is 310 g/mol. The molecule has 0 radical (unpaired) electrons. The number of fused-ring (bicyclic) bond motifs is 1. The van der Waals surface area contributed by atoms with E-state index in [9.17, 15) is 0 Å². The summed E-state index contributed by atoms with van der Waals surface area (Å²) in [4.78, 5) is 11.3. The van der Waals surface area contributed by atoms with Crippen LogP contribution in [0.4, 0.5) is 5.82 Å².